The molecule has 0 radical (unpaired) electrons. The second-order valence-corrected chi connectivity index (χ2v) is 4.65. The van der Waals surface area contributed by atoms with Crippen molar-refractivity contribution in [3.63, 3.8) is 0 Å². The van der Waals surface area contributed by atoms with Gasteiger partial charge in [0.15, 0.2) is 0 Å². The van der Waals surface area contributed by atoms with Gasteiger partial charge in [-0.1, -0.05) is 13.8 Å². The van der Waals surface area contributed by atoms with Crippen molar-refractivity contribution in [2.45, 2.75) is 39.5 Å². The van der Waals surface area contributed by atoms with E-state index < -0.39 is 0 Å². The van der Waals surface area contributed by atoms with Crippen molar-refractivity contribution >= 4 is 5.91 Å². The zero-order valence-electron chi connectivity index (χ0n) is 10.1. The quantitative estimate of drug-likeness (QED) is 0.751. The Morgan fingerprint density at radius 1 is 1.53 bits per heavy atom. The van der Waals surface area contributed by atoms with Gasteiger partial charge in [-0.05, 0) is 31.7 Å². The first-order valence-electron chi connectivity index (χ1n) is 6.21. The third-order valence-corrected chi connectivity index (χ3v) is 2.97. The highest BCUT2D eigenvalue weighted by molar-refractivity contribution is 5.75. The molecule has 0 saturated carbocycles. The van der Waals surface area contributed by atoms with Gasteiger partial charge < -0.3 is 10.2 Å². The molecule has 1 saturated heterocycles. The van der Waals surface area contributed by atoms with Crippen LogP contribution in [0, 0.1) is 5.92 Å². The normalized spacial score (nSPS) is 22.7. The Morgan fingerprint density at radius 3 is 3.00 bits per heavy atom. The molecular formula is C12H24N2O. The van der Waals surface area contributed by atoms with Gasteiger partial charge in [0.05, 0.1) is 0 Å². The van der Waals surface area contributed by atoms with Crippen LogP contribution < -0.4 is 5.32 Å². The second kappa shape index (κ2) is 6.83. The summed E-state index contributed by atoms with van der Waals surface area (Å²) in [5.74, 6) is 1.01. The van der Waals surface area contributed by atoms with Crippen molar-refractivity contribution < 1.29 is 4.79 Å². The molecule has 0 aromatic rings. The molecule has 0 spiro atoms. The first-order chi connectivity index (χ1) is 7.22. The number of likely N-dealkylation sites (tertiary alicyclic amines) is 1. The fourth-order valence-corrected chi connectivity index (χ4v) is 2.10. The van der Waals surface area contributed by atoms with E-state index in [1.165, 1.54) is 25.9 Å². The summed E-state index contributed by atoms with van der Waals surface area (Å²) in [5, 5.41) is 2.92. The van der Waals surface area contributed by atoms with Crippen LogP contribution in [0.5, 0.6) is 0 Å². The minimum absolute atomic E-state index is 0.204. The fourth-order valence-electron chi connectivity index (χ4n) is 2.10. The topological polar surface area (TPSA) is 32.3 Å². The van der Waals surface area contributed by atoms with Gasteiger partial charge in [0.2, 0.25) is 5.91 Å². The van der Waals surface area contributed by atoms with Crippen molar-refractivity contribution in [2.24, 2.45) is 5.92 Å². The standard InChI is InChI=1S/C12H24N2O/c1-3-7-13-12(15)6-9-14-8-4-5-11(2)10-14/h11H,3-10H2,1-2H3,(H,13,15). The molecule has 0 aromatic heterocycles. The number of rotatable bonds is 5. The molecule has 1 N–H and O–H groups in total. The number of nitrogens with one attached hydrogen (secondary N) is 1. The molecule has 1 unspecified atom stereocenters. The van der Waals surface area contributed by atoms with Crippen LogP contribution in [-0.4, -0.2) is 37.0 Å². The first-order valence-corrected chi connectivity index (χ1v) is 6.21. The summed E-state index contributed by atoms with van der Waals surface area (Å²) < 4.78 is 0. The molecule has 1 aliphatic rings. The number of carbonyl (C=O) groups excluding carboxylic acids is 1. The molecule has 1 aliphatic heterocycles. The summed E-state index contributed by atoms with van der Waals surface area (Å²) in [4.78, 5) is 13.8. The second-order valence-electron chi connectivity index (χ2n) is 4.65. The van der Waals surface area contributed by atoms with Crippen LogP contribution >= 0.6 is 0 Å². The van der Waals surface area contributed by atoms with Crippen LogP contribution in [-0.2, 0) is 4.79 Å². The van der Waals surface area contributed by atoms with E-state index in [4.69, 9.17) is 0 Å². The Kier molecular flexibility index (Phi) is 5.69. The average molecular weight is 212 g/mol. The summed E-state index contributed by atoms with van der Waals surface area (Å²) in [6.07, 6.45) is 4.31. The lowest BCUT2D eigenvalue weighted by Gasteiger charge is -2.30. The Labute approximate surface area is 93.2 Å². The molecule has 1 atom stereocenters. The van der Waals surface area contributed by atoms with Crippen LogP contribution in [0.1, 0.15) is 39.5 Å². The summed E-state index contributed by atoms with van der Waals surface area (Å²) in [6.45, 7) is 8.46. The van der Waals surface area contributed by atoms with Gasteiger partial charge in [0.1, 0.15) is 0 Å². The lowest BCUT2D eigenvalue weighted by atomic mass is 10.0. The number of hydrogen-bond donors (Lipinski definition) is 1. The monoisotopic (exact) mass is 212 g/mol. The Hall–Kier alpha value is -0.570. The predicted octanol–water partition coefficient (Wildman–Crippen LogP) is 1.63. The molecule has 3 heteroatoms. The highest BCUT2D eigenvalue weighted by Crippen LogP contribution is 2.15. The van der Waals surface area contributed by atoms with Gasteiger partial charge in [0.25, 0.3) is 0 Å². The largest absolute Gasteiger partial charge is 0.356 e. The highest BCUT2D eigenvalue weighted by atomic mass is 16.1. The molecule has 0 bridgehead atoms. The summed E-state index contributed by atoms with van der Waals surface area (Å²) in [5.41, 5.74) is 0. The van der Waals surface area contributed by atoms with E-state index in [9.17, 15) is 4.79 Å². The molecule has 0 aromatic carbocycles. The minimum Gasteiger partial charge on any atom is -0.356 e. The van der Waals surface area contributed by atoms with Crippen molar-refractivity contribution in [1.82, 2.24) is 10.2 Å². The number of piperidine rings is 1. The van der Waals surface area contributed by atoms with Crippen LogP contribution in [0.25, 0.3) is 0 Å². The molecule has 3 nitrogen and oxygen atoms in total. The molecule has 1 fully saturated rings. The van der Waals surface area contributed by atoms with Crippen LogP contribution in [0.2, 0.25) is 0 Å². The van der Waals surface area contributed by atoms with E-state index in [1.54, 1.807) is 0 Å². The zero-order chi connectivity index (χ0) is 11.1. The van der Waals surface area contributed by atoms with Gasteiger partial charge in [-0.3, -0.25) is 4.79 Å². The molecule has 15 heavy (non-hydrogen) atoms. The summed E-state index contributed by atoms with van der Waals surface area (Å²) >= 11 is 0. The van der Waals surface area contributed by atoms with E-state index >= 15 is 0 Å². The van der Waals surface area contributed by atoms with Gasteiger partial charge in [-0.2, -0.15) is 0 Å². The SMILES string of the molecule is CCCNC(=O)CCN1CCCC(C)C1. The fraction of sp³-hybridized carbons (Fsp3) is 0.917. The number of nitrogens with zero attached hydrogens (tertiary/aromatic N) is 1. The number of amides is 1. The van der Waals surface area contributed by atoms with Crippen molar-refractivity contribution in [2.75, 3.05) is 26.2 Å². The van der Waals surface area contributed by atoms with E-state index in [2.05, 4.69) is 24.1 Å². The molecule has 1 heterocycles. The molecule has 0 aliphatic carbocycles. The molecule has 1 rings (SSSR count). The van der Waals surface area contributed by atoms with Crippen LogP contribution in [0.4, 0.5) is 0 Å². The summed E-state index contributed by atoms with van der Waals surface area (Å²) in [7, 11) is 0. The van der Waals surface area contributed by atoms with Gasteiger partial charge in [-0.25, -0.2) is 0 Å². The Balaban J connectivity index is 2.10. The first kappa shape index (κ1) is 12.5. The van der Waals surface area contributed by atoms with Crippen molar-refractivity contribution in [3.05, 3.63) is 0 Å². The maximum absolute atomic E-state index is 11.4. The van der Waals surface area contributed by atoms with Gasteiger partial charge in [0, 0.05) is 26.1 Å². The third kappa shape index (κ3) is 5.17. The van der Waals surface area contributed by atoms with Gasteiger partial charge >= 0.3 is 0 Å². The Bertz CT molecular complexity index is 194. The van der Waals surface area contributed by atoms with E-state index in [0.717, 1.165) is 25.4 Å². The predicted molar refractivity (Wildman–Crippen MR) is 62.8 cm³/mol. The average Bonchev–Trinajstić information content (AvgIpc) is 2.23. The van der Waals surface area contributed by atoms with E-state index in [0.29, 0.717) is 6.42 Å². The Morgan fingerprint density at radius 2 is 2.33 bits per heavy atom. The maximum Gasteiger partial charge on any atom is 0.221 e. The van der Waals surface area contributed by atoms with Crippen molar-refractivity contribution in [1.29, 1.82) is 0 Å². The number of hydrogen-bond acceptors (Lipinski definition) is 2. The van der Waals surface area contributed by atoms with E-state index in [1.807, 2.05) is 0 Å². The molecule has 88 valence electrons. The van der Waals surface area contributed by atoms with Crippen LogP contribution in [0.3, 0.4) is 0 Å². The molecule has 1 amide bonds. The van der Waals surface area contributed by atoms with E-state index in [-0.39, 0.29) is 5.91 Å². The third-order valence-electron chi connectivity index (χ3n) is 2.97. The lowest BCUT2D eigenvalue weighted by molar-refractivity contribution is -0.121. The maximum atomic E-state index is 11.4. The lowest BCUT2D eigenvalue weighted by Crippen LogP contribution is -2.37. The molecular weight excluding hydrogens is 188 g/mol. The van der Waals surface area contributed by atoms with Gasteiger partial charge in [-0.15, -0.1) is 0 Å². The van der Waals surface area contributed by atoms with Crippen LogP contribution in [0.15, 0.2) is 0 Å². The zero-order valence-corrected chi connectivity index (χ0v) is 10.1. The smallest absolute Gasteiger partial charge is 0.221 e. The number of carbonyl (C=O) groups is 1. The minimum atomic E-state index is 0.204. The van der Waals surface area contributed by atoms with Crippen molar-refractivity contribution in [3.8, 4) is 0 Å². The highest BCUT2D eigenvalue weighted by Gasteiger charge is 2.16. The summed E-state index contributed by atoms with van der Waals surface area (Å²) in [6, 6.07) is 0.